The van der Waals surface area contributed by atoms with Crippen LogP contribution in [0.1, 0.15) is 18.1 Å². The first-order chi connectivity index (χ1) is 5.97. The van der Waals surface area contributed by atoms with Gasteiger partial charge in [-0.05, 0) is 31.0 Å². The van der Waals surface area contributed by atoms with Crippen molar-refractivity contribution in [1.82, 2.24) is 0 Å². The summed E-state index contributed by atoms with van der Waals surface area (Å²) in [7, 11) is -2.55. The van der Waals surface area contributed by atoms with Gasteiger partial charge in [0.15, 0.2) is 0 Å². The quantitative estimate of drug-likeness (QED) is 0.778. The molecule has 1 aromatic carbocycles. The van der Waals surface area contributed by atoms with E-state index in [2.05, 4.69) is 0 Å². The molecule has 1 rings (SSSR count). The topological polar surface area (TPSA) is 40.9 Å². The Kier molecular flexibility index (Phi) is 2.76. The molecule has 0 fully saturated rings. The van der Waals surface area contributed by atoms with Crippen LogP contribution in [-0.2, 0) is 9.73 Å². The lowest BCUT2D eigenvalue weighted by atomic mass is 10.2. The fourth-order valence-electron chi connectivity index (χ4n) is 1.22. The number of benzene rings is 1. The van der Waals surface area contributed by atoms with Gasteiger partial charge < -0.3 is 0 Å². The van der Waals surface area contributed by atoms with Crippen molar-refractivity contribution >= 4 is 9.73 Å². The van der Waals surface area contributed by atoms with Gasteiger partial charge in [0.1, 0.15) is 0 Å². The minimum atomic E-state index is -2.55. The van der Waals surface area contributed by atoms with Gasteiger partial charge in [0.2, 0.25) is 0 Å². The molecule has 0 aliphatic carbocycles. The van der Waals surface area contributed by atoms with Gasteiger partial charge in [-0.15, -0.1) is 0 Å². The van der Waals surface area contributed by atoms with E-state index in [0.717, 1.165) is 11.1 Å². The average Bonchev–Trinajstić information content (AvgIpc) is 2.09. The first kappa shape index (κ1) is 10.3. The Morgan fingerprint density at radius 2 is 2.00 bits per heavy atom. The largest absolute Gasteiger partial charge is 0.249 e. The van der Waals surface area contributed by atoms with Crippen molar-refractivity contribution in [1.29, 1.82) is 4.78 Å². The van der Waals surface area contributed by atoms with E-state index in [-0.39, 0.29) is 0 Å². The molecule has 1 atom stereocenters. The third-order valence-corrected chi connectivity index (χ3v) is 4.07. The van der Waals surface area contributed by atoms with Crippen molar-refractivity contribution in [3.05, 3.63) is 29.3 Å². The molecule has 3 heteroatoms. The molecule has 0 unspecified atom stereocenters. The summed E-state index contributed by atoms with van der Waals surface area (Å²) < 4.78 is 19.5. The van der Waals surface area contributed by atoms with Crippen LogP contribution in [0.15, 0.2) is 23.1 Å². The maximum absolute atomic E-state index is 11.8. The molecule has 13 heavy (non-hydrogen) atoms. The Hall–Kier alpha value is -0.830. The Morgan fingerprint density at radius 1 is 1.38 bits per heavy atom. The molecule has 0 saturated heterocycles. The number of hydrogen-bond donors (Lipinski definition) is 1. The van der Waals surface area contributed by atoms with Gasteiger partial charge in [-0.3, -0.25) is 0 Å². The van der Waals surface area contributed by atoms with Crippen molar-refractivity contribution < 1.29 is 4.21 Å². The van der Waals surface area contributed by atoms with E-state index < -0.39 is 9.73 Å². The summed E-state index contributed by atoms with van der Waals surface area (Å²) in [5, 5.41) is 0. The lowest BCUT2D eigenvalue weighted by molar-refractivity contribution is 0.675. The summed E-state index contributed by atoms with van der Waals surface area (Å²) in [4.78, 5) is 0.690. The van der Waals surface area contributed by atoms with Crippen LogP contribution in [0.4, 0.5) is 0 Å². The van der Waals surface area contributed by atoms with E-state index in [1.54, 1.807) is 6.92 Å². The standard InChI is InChI=1S/C10H15NOS/c1-4-13(11,12)10-7-8(2)5-6-9(10)3/h5-7,11H,4H2,1-3H3/t13-/m1/s1. The van der Waals surface area contributed by atoms with E-state index in [4.69, 9.17) is 4.78 Å². The minimum Gasteiger partial charge on any atom is -0.249 e. The lowest BCUT2D eigenvalue weighted by Gasteiger charge is -2.08. The number of hydrogen-bond acceptors (Lipinski definition) is 2. The molecule has 0 radical (unpaired) electrons. The second-order valence-corrected chi connectivity index (χ2v) is 5.60. The summed E-state index contributed by atoms with van der Waals surface area (Å²) in [6.45, 7) is 5.64. The lowest BCUT2D eigenvalue weighted by Crippen LogP contribution is -2.04. The summed E-state index contributed by atoms with van der Waals surface area (Å²) in [5.41, 5.74) is 2.02. The molecular formula is C10H15NOS. The van der Waals surface area contributed by atoms with Crippen molar-refractivity contribution in [3.8, 4) is 0 Å². The van der Waals surface area contributed by atoms with Gasteiger partial charge in [0.25, 0.3) is 0 Å². The predicted octanol–water partition coefficient (Wildman–Crippen LogP) is 2.73. The van der Waals surface area contributed by atoms with Gasteiger partial charge in [0, 0.05) is 5.75 Å². The number of aryl methyl sites for hydroxylation is 2. The predicted molar refractivity (Wildman–Crippen MR) is 55.6 cm³/mol. The van der Waals surface area contributed by atoms with Gasteiger partial charge in [-0.25, -0.2) is 8.99 Å². The molecule has 0 spiro atoms. The molecular weight excluding hydrogens is 182 g/mol. The summed E-state index contributed by atoms with van der Waals surface area (Å²) in [5.74, 6) is 0.386. The average molecular weight is 197 g/mol. The van der Waals surface area contributed by atoms with Crippen LogP contribution >= 0.6 is 0 Å². The normalized spacial score (nSPS) is 15.3. The van der Waals surface area contributed by atoms with Crippen molar-refractivity contribution in [2.75, 3.05) is 5.75 Å². The monoisotopic (exact) mass is 197 g/mol. The SMILES string of the molecule is CC[S@@](=N)(=O)c1cc(C)ccc1C. The van der Waals surface area contributed by atoms with E-state index in [1.807, 2.05) is 32.0 Å². The second kappa shape index (κ2) is 3.50. The molecule has 0 amide bonds. The van der Waals surface area contributed by atoms with Crippen LogP contribution < -0.4 is 0 Å². The van der Waals surface area contributed by atoms with E-state index >= 15 is 0 Å². The van der Waals surface area contributed by atoms with Crippen LogP contribution in [0.3, 0.4) is 0 Å². The number of nitrogens with one attached hydrogen (secondary N) is 1. The Bertz CT molecular complexity index is 407. The third kappa shape index (κ3) is 2.10. The highest BCUT2D eigenvalue weighted by molar-refractivity contribution is 7.92. The molecule has 0 aromatic heterocycles. The molecule has 0 bridgehead atoms. The Morgan fingerprint density at radius 3 is 2.54 bits per heavy atom. The first-order valence-electron chi connectivity index (χ1n) is 4.31. The van der Waals surface area contributed by atoms with Gasteiger partial charge >= 0.3 is 0 Å². The molecule has 72 valence electrons. The van der Waals surface area contributed by atoms with Crippen molar-refractivity contribution in [2.45, 2.75) is 25.7 Å². The zero-order valence-corrected chi connectivity index (χ0v) is 9.07. The second-order valence-electron chi connectivity index (χ2n) is 3.23. The van der Waals surface area contributed by atoms with E-state index in [1.165, 1.54) is 0 Å². The van der Waals surface area contributed by atoms with Gasteiger partial charge in [0.05, 0.1) is 14.6 Å². The molecule has 0 aliphatic rings. The van der Waals surface area contributed by atoms with Crippen molar-refractivity contribution in [2.24, 2.45) is 0 Å². The zero-order valence-electron chi connectivity index (χ0n) is 8.26. The minimum absolute atomic E-state index is 0.386. The highest BCUT2D eigenvalue weighted by Crippen LogP contribution is 2.18. The third-order valence-electron chi connectivity index (χ3n) is 2.11. The number of rotatable bonds is 2. The molecule has 2 nitrogen and oxygen atoms in total. The van der Waals surface area contributed by atoms with Crippen LogP contribution in [0.25, 0.3) is 0 Å². The molecule has 0 heterocycles. The van der Waals surface area contributed by atoms with Gasteiger partial charge in [-0.2, -0.15) is 0 Å². The zero-order chi connectivity index (χ0) is 10.1. The van der Waals surface area contributed by atoms with E-state index in [0.29, 0.717) is 10.6 Å². The highest BCUT2D eigenvalue weighted by atomic mass is 32.2. The van der Waals surface area contributed by atoms with Gasteiger partial charge in [-0.1, -0.05) is 19.1 Å². The van der Waals surface area contributed by atoms with Crippen LogP contribution in [0.2, 0.25) is 0 Å². The van der Waals surface area contributed by atoms with Crippen LogP contribution in [-0.4, -0.2) is 9.96 Å². The molecule has 1 aromatic rings. The van der Waals surface area contributed by atoms with Crippen molar-refractivity contribution in [3.63, 3.8) is 0 Å². The maximum atomic E-state index is 11.8. The summed E-state index contributed by atoms with van der Waals surface area (Å²) >= 11 is 0. The van der Waals surface area contributed by atoms with Crippen LogP contribution in [0.5, 0.6) is 0 Å². The molecule has 1 N–H and O–H groups in total. The van der Waals surface area contributed by atoms with E-state index in [9.17, 15) is 4.21 Å². The summed E-state index contributed by atoms with van der Waals surface area (Å²) in [6, 6.07) is 5.76. The molecule has 0 saturated carbocycles. The first-order valence-corrected chi connectivity index (χ1v) is 6.04. The fraction of sp³-hybridized carbons (Fsp3) is 0.400. The summed E-state index contributed by atoms with van der Waals surface area (Å²) in [6.07, 6.45) is 0. The molecule has 0 aliphatic heterocycles. The Labute approximate surface area is 80.0 Å². The maximum Gasteiger partial charge on any atom is 0.0726 e. The highest BCUT2D eigenvalue weighted by Gasteiger charge is 2.10. The fourth-order valence-corrected chi connectivity index (χ4v) is 2.49. The smallest absolute Gasteiger partial charge is 0.0726 e. The van der Waals surface area contributed by atoms with Crippen LogP contribution in [0, 0.1) is 18.6 Å². The Balaban J connectivity index is 3.38.